The number of nitrogens with zero attached hydrogens (tertiary/aromatic N) is 1. The van der Waals surface area contributed by atoms with Crippen LogP contribution in [0.2, 0.25) is 0 Å². The lowest BCUT2D eigenvalue weighted by Crippen LogP contribution is -2.47. The molecule has 2 amide bonds. The molecule has 1 aromatic heterocycles. The van der Waals surface area contributed by atoms with Crippen LogP contribution in [0.4, 0.5) is 5.69 Å². The number of amides is 2. The summed E-state index contributed by atoms with van der Waals surface area (Å²) >= 11 is 1.56. The van der Waals surface area contributed by atoms with Gasteiger partial charge in [0.1, 0.15) is 0 Å². The minimum Gasteiger partial charge on any atom is -0.383 e. The largest absolute Gasteiger partial charge is 0.383 e. The van der Waals surface area contributed by atoms with Crippen molar-refractivity contribution >= 4 is 28.8 Å². The van der Waals surface area contributed by atoms with E-state index in [4.69, 9.17) is 4.74 Å². The minimum atomic E-state index is -0.518. The van der Waals surface area contributed by atoms with Crippen LogP contribution in [0.15, 0.2) is 66.0 Å². The van der Waals surface area contributed by atoms with Gasteiger partial charge in [0.05, 0.1) is 18.6 Å². The lowest BCUT2D eigenvalue weighted by atomic mass is 9.81. The molecule has 31 heavy (non-hydrogen) atoms. The third-order valence-electron chi connectivity index (χ3n) is 5.72. The van der Waals surface area contributed by atoms with Crippen LogP contribution in [0.1, 0.15) is 45.2 Å². The van der Waals surface area contributed by atoms with E-state index in [-0.39, 0.29) is 17.9 Å². The highest BCUT2D eigenvalue weighted by Gasteiger charge is 2.44. The summed E-state index contributed by atoms with van der Waals surface area (Å²) in [5.74, 6) is -0.706. The SMILES string of the molecule is CCc1ccc(NC(=O)[C@H]2c3ccccc3C(=O)N(CCOC)[C@H]2c2cccs2)cc1. The lowest BCUT2D eigenvalue weighted by Gasteiger charge is -2.41. The number of carbonyl (C=O) groups excluding carboxylic acids is 2. The molecule has 2 atom stereocenters. The van der Waals surface area contributed by atoms with Crippen LogP contribution in [0.5, 0.6) is 0 Å². The number of aryl methyl sites for hydroxylation is 1. The zero-order valence-corrected chi connectivity index (χ0v) is 18.5. The van der Waals surface area contributed by atoms with Crippen molar-refractivity contribution in [3.63, 3.8) is 0 Å². The van der Waals surface area contributed by atoms with Crippen molar-refractivity contribution in [2.24, 2.45) is 0 Å². The minimum absolute atomic E-state index is 0.0672. The Labute approximate surface area is 186 Å². The molecule has 0 fully saturated rings. The molecular weight excluding hydrogens is 408 g/mol. The summed E-state index contributed by atoms with van der Waals surface area (Å²) in [6.07, 6.45) is 0.946. The summed E-state index contributed by atoms with van der Waals surface area (Å²) in [7, 11) is 1.62. The monoisotopic (exact) mass is 434 g/mol. The van der Waals surface area contributed by atoms with Gasteiger partial charge in [0.15, 0.2) is 0 Å². The molecule has 4 rings (SSSR count). The van der Waals surface area contributed by atoms with Crippen LogP contribution in [-0.2, 0) is 16.0 Å². The number of nitrogens with one attached hydrogen (secondary N) is 1. The van der Waals surface area contributed by atoms with Gasteiger partial charge in [-0.1, -0.05) is 43.3 Å². The first-order chi connectivity index (χ1) is 15.1. The van der Waals surface area contributed by atoms with Crippen LogP contribution >= 0.6 is 11.3 Å². The quantitative estimate of drug-likeness (QED) is 0.577. The molecular formula is C25H26N2O3S. The topological polar surface area (TPSA) is 58.6 Å². The van der Waals surface area contributed by atoms with Crippen molar-refractivity contribution in [2.75, 3.05) is 25.6 Å². The Morgan fingerprint density at radius 1 is 1.10 bits per heavy atom. The summed E-state index contributed by atoms with van der Waals surface area (Å²) in [6, 6.07) is 18.9. The Hall–Kier alpha value is -2.96. The van der Waals surface area contributed by atoms with Gasteiger partial charge in [-0.05, 0) is 47.2 Å². The summed E-state index contributed by atoms with van der Waals surface area (Å²) in [6.45, 7) is 2.92. The molecule has 5 nitrogen and oxygen atoms in total. The molecule has 0 saturated carbocycles. The van der Waals surface area contributed by atoms with Gasteiger partial charge >= 0.3 is 0 Å². The number of rotatable bonds is 7. The molecule has 0 spiro atoms. The normalized spacial score (nSPS) is 18.0. The van der Waals surface area contributed by atoms with Crippen molar-refractivity contribution in [3.8, 4) is 0 Å². The molecule has 0 radical (unpaired) electrons. The van der Waals surface area contributed by atoms with Crippen LogP contribution < -0.4 is 5.32 Å². The molecule has 1 N–H and O–H groups in total. The molecule has 0 saturated heterocycles. The van der Waals surface area contributed by atoms with Gasteiger partial charge in [-0.2, -0.15) is 0 Å². The van der Waals surface area contributed by atoms with E-state index >= 15 is 0 Å². The number of ether oxygens (including phenoxy) is 1. The van der Waals surface area contributed by atoms with Crippen molar-refractivity contribution in [1.82, 2.24) is 4.90 Å². The number of hydrogen-bond acceptors (Lipinski definition) is 4. The molecule has 160 valence electrons. The van der Waals surface area contributed by atoms with E-state index in [2.05, 4.69) is 12.2 Å². The Kier molecular flexibility index (Phi) is 6.49. The Morgan fingerprint density at radius 3 is 2.55 bits per heavy atom. The van der Waals surface area contributed by atoms with Crippen LogP contribution in [0.25, 0.3) is 0 Å². The van der Waals surface area contributed by atoms with E-state index in [9.17, 15) is 9.59 Å². The number of carbonyl (C=O) groups is 2. The van der Waals surface area contributed by atoms with E-state index in [1.807, 2.05) is 60.0 Å². The Morgan fingerprint density at radius 2 is 1.87 bits per heavy atom. The van der Waals surface area contributed by atoms with Gasteiger partial charge in [-0.15, -0.1) is 11.3 Å². The second-order valence-electron chi connectivity index (χ2n) is 7.56. The van der Waals surface area contributed by atoms with Crippen molar-refractivity contribution in [1.29, 1.82) is 0 Å². The van der Waals surface area contributed by atoms with Crippen LogP contribution in [0.3, 0.4) is 0 Å². The average molecular weight is 435 g/mol. The number of benzene rings is 2. The van der Waals surface area contributed by atoms with E-state index in [0.717, 1.165) is 22.5 Å². The lowest BCUT2D eigenvalue weighted by molar-refractivity contribution is -0.119. The second-order valence-corrected chi connectivity index (χ2v) is 8.54. The molecule has 0 unspecified atom stereocenters. The highest BCUT2D eigenvalue weighted by atomic mass is 32.1. The van der Waals surface area contributed by atoms with Gasteiger partial charge in [0.2, 0.25) is 5.91 Å². The van der Waals surface area contributed by atoms with Crippen molar-refractivity contribution in [2.45, 2.75) is 25.3 Å². The Balaban J connectivity index is 1.76. The molecule has 1 aliphatic rings. The molecule has 1 aliphatic heterocycles. The number of fused-ring (bicyclic) bond motifs is 1. The maximum atomic E-state index is 13.6. The molecule has 0 aliphatic carbocycles. The maximum Gasteiger partial charge on any atom is 0.254 e. The van der Waals surface area contributed by atoms with Gasteiger partial charge in [-0.3, -0.25) is 9.59 Å². The first kappa shape index (κ1) is 21.3. The zero-order chi connectivity index (χ0) is 21.8. The number of methoxy groups -OCH3 is 1. The zero-order valence-electron chi connectivity index (χ0n) is 17.7. The first-order valence-electron chi connectivity index (χ1n) is 10.5. The van der Waals surface area contributed by atoms with Crippen LogP contribution in [0, 0.1) is 0 Å². The van der Waals surface area contributed by atoms with Crippen LogP contribution in [-0.4, -0.2) is 37.0 Å². The molecule has 2 aromatic carbocycles. The fourth-order valence-electron chi connectivity index (χ4n) is 4.13. The summed E-state index contributed by atoms with van der Waals surface area (Å²) < 4.78 is 5.27. The van der Waals surface area contributed by atoms with Gasteiger partial charge in [0, 0.05) is 29.8 Å². The third-order valence-corrected chi connectivity index (χ3v) is 6.66. The highest BCUT2D eigenvalue weighted by molar-refractivity contribution is 7.10. The van der Waals surface area contributed by atoms with Crippen molar-refractivity contribution in [3.05, 3.63) is 87.6 Å². The molecule has 3 aromatic rings. The average Bonchev–Trinajstić information content (AvgIpc) is 3.33. The number of hydrogen-bond donors (Lipinski definition) is 1. The van der Waals surface area contributed by atoms with Gasteiger partial charge in [0.25, 0.3) is 5.91 Å². The van der Waals surface area contributed by atoms with E-state index in [1.165, 1.54) is 5.56 Å². The summed E-state index contributed by atoms with van der Waals surface area (Å²) in [5, 5.41) is 5.06. The number of thiophene rings is 1. The predicted molar refractivity (Wildman–Crippen MR) is 124 cm³/mol. The standard InChI is InChI=1S/C25H26N2O3S/c1-3-17-10-12-18(13-11-17)26-24(28)22-19-7-4-5-8-20(19)25(29)27(14-15-30-2)23(22)21-9-6-16-31-21/h4-13,16,22-23H,3,14-15H2,1-2H3,(H,26,28)/t22-,23-/m0/s1. The molecule has 0 bridgehead atoms. The Bertz CT molecular complexity index is 1050. The summed E-state index contributed by atoms with van der Waals surface area (Å²) in [5.41, 5.74) is 3.31. The first-order valence-corrected chi connectivity index (χ1v) is 11.3. The number of anilines is 1. The molecule has 6 heteroatoms. The van der Waals surface area contributed by atoms with Crippen molar-refractivity contribution < 1.29 is 14.3 Å². The van der Waals surface area contributed by atoms with E-state index in [0.29, 0.717) is 18.7 Å². The molecule has 2 heterocycles. The summed E-state index contributed by atoms with van der Waals surface area (Å²) in [4.78, 5) is 29.8. The smallest absolute Gasteiger partial charge is 0.254 e. The fraction of sp³-hybridized carbons (Fsp3) is 0.280. The van der Waals surface area contributed by atoms with E-state index < -0.39 is 5.92 Å². The van der Waals surface area contributed by atoms with Gasteiger partial charge < -0.3 is 15.0 Å². The third kappa shape index (κ3) is 4.27. The highest BCUT2D eigenvalue weighted by Crippen LogP contribution is 2.44. The second kappa shape index (κ2) is 9.45. The maximum absolute atomic E-state index is 13.6. The fourth-order valence-corrected chi connectivity index (χ4v) is 5.00. The van der Waals surface area contributed by atoms with E-state index in [1.54, 1.807) is 29.4 Å². The van der Waals surface area contributed by atoms with Gasteiger partial charge in [-0.25, -0.2) is 0 Å². The predicted octanol–water partition coefficient (Wildman–Crippen LogP) is 4.88.